The van der Waals surface area contributed by atoms with Crippen molar-refractivity contribution in [3.05, 3.63) is 35.6 Å². The minimum Gasteiger partial charge on any atom is -0.481 e. The SMILES string of the molecule is O=C(O)C[C@@H](NC(=O)C(F)(F)F)c1ccccc1F. The van der Waals surface area contributed by atoms with E-state index in [9.17, 15) is 27.2 Å². The first-order valence-corrected chi connectivity index (χ1v) is 5.05. The van der Waals surface area contributed by atoms with Crippen molar-refractivity contribution >= 4 is 11.9 Å². The third-order valence-electron chi connectivity index (χ3n) is 2.22. The number of carboxylic acid groups (broad SMARTS) is 1. The molecule has 0 heterocycles. The van der Waals surface area contributed by atoms with E-state index in [-0.39, 0.29) is 5.56 Å². The Hall–Kier alpha value is -2.12. The highest BCUT2D eigenvalue weighted by atomic mass is 19.4. The first kappa shape index (κ1) is 14.9. The third kappa shape index (κ3) is 4.23. The second-order valence-electron chi connectivity index (χ2n) is 3.64. The van der Waals surface area contributed by atoms with Crippen molar-refractivity contribution in [2.24, 2.45) is 0 Å². The maximum Gasteiger partial charge on any atom is 0.471 e. The van der Waals surface area contributed by atoms with Crippen LogP contribution >= 0.6 is 0 Å². The number of carbonyl (C=O) groups is 2. The van der Waals surface area contributed by atoms with Gasteiger partial charge in [0.15, 0.2) is 0 Å². The van der Waals surface area contributed by atoms with Gasteiger partial charge in [-0.2, -0.15) is 13.2 Å². The summed E-state index contributed by atoms with van der Waals surface area (Å²) in [5.41, 5.74) is -0.317. The molecule has 0 saturated heterocycles. The van der Waals surface area contributed by atoms with Crippen molar-refractivity contribution in [1.82, 2.24) is 5.32 Å². The lowest BCUT2D eigenvalue weighted by Gasteiger charge is -2.18. The van der Waals surface area contributed by atoms with E-state index in [1.807, 2.05) is 0 Å². The second kappa shape index (κ2) is 5.68. The second-order valence-corrected chi connectivity index (χ2v) is 3.64. The Morgan fingerprint density at radius 3 is 2.32 bits per heavy atom. The van der Waals surface area contributed by atoms with Crippen LogP contribution in [-0.2, 0) is 9.59 Å². The number of benzene rings is 1. The normalized spacial score (nSPS) is 12.8. The van der Waals surface area contributed by atoms with Gasteiger partial charge in [-0.05, 0) is 6.07 Å². The average Bonchev–Trinajstić information content (AvgIpc) is 2.26. The zero-order valence-electron chi connectivity index (χ0n) is 9.37. The topological polar surface area (TPSA) is 66.4 Å². The van der Waals surface area contributed by atoms with Gasteiger partial charge < -0.3 is 10.4 Å². The maximum atomic E-state index is 13.4. The summed E-state index contributed by atoms with van der Waals surface area (Å²) >= 11 is 0. The largest absolute Gasteiger partial charge is 0.481 e. The standard InChI is InChI=1S/C11H9F4NO3/c12-7-4-2-1-3-6(7)8(5-9(17)18)16-10(19)11(13,14)15/h1-4,8H,5H2,(H,16,19)(H,17,18)/t8-/m1/s1. The molecule has 0 aliphatic heterocycles. The molecule has 1 rings (SSSR count). The van der Waals surface area contributed by atoms with Crippen LogP contribution in [0.25, 0.3) is 0 Å². The van der Waals surface area contributed by atoms with Gasteiger partial charge in [0.05, 0.1) is 12.5 Å². The summed E-state index contributed by atoms with van der Waals surface area (Å²) in [6.45, 7) is 0. The molecule has 0 saturated carbocycles. The van der Waals surface area contributed by atoms with Crippen LogP contribution in [0.1, 0.15) is 18.0 Å². The Labute approximate surface area is 105 Å². The summed E-state index contributed by atoms with van der Waals surface area (Å²) in [5.74, 6) is -4.67. The Morgan fingerprint density at radius 1 is 1.26 bits per heavy atom. The Bertz CT molecular complexity index is 487. The van der Waals surface area contributed by atoms with E-state index in [1.54, 1.807) is 0 Å². The number of hydrogen-bond acceptors (Lipinski definition) is 2. The molecule has 104 valence electrons. The van der Waals surface area contributed by atoms with E-state index in [1.165, 1.54) is 17.4 Å². The number of hydrogen-bond donors (Lipinski definition) is 2. The fraction of sp³-hybridized carbons (Fsp3) is 0.273. The smallest absolute Gasteiger partial charge is 0.471 e. The number of rotatable bonds is 4. The lowest BCUT2D eigenvalue weighted by molar-refractivity contribution is -0.174. The van der Waals surface area contributed by atoms with E-state index in [0.717, 1.165) is 12.1 Å². The van der Waals surface area contributed by atoms with Crippen molar-refractivity contribution in [2.75, 3.05) is 0 Å². The van der Waals surface area contributed by atoms with Crippen molar-refractivity contribution < 1.29 is 32.3 Å². The van der Waals surface area contributed by atoms with Crippen molar-refractivity contribution in [3.8, 4) is 0 Å². The van der Waals surface area contributed by atoms with Gasteiger partial charge in [0.2, 0.25) is 0 Å². The van der Waals surface area contributed by atoms with Gasteiger partial charge in [0.25, 0.3) is 0 Å². The maximum absolute atomic E-state index is 13.4. The quantitative estimate of drug-likeness (QED) is 0.829. The van der Waals surface area contributed by atoms with Gasteiger partial charge in [-0.3, -0.25) is 9.59 Å². The van der Waals surface area contributed by atoms with Crippen LogP contribution in [0.4, 0.5) is 17.6 Å². The molecule has 0 spiro atoms. The first-order valence-electron chi connectivity index (χ1n) is 5.05. The monoisotopic (exact) mass is 279 g/mol. The molecule has 0 radical (unpaired) electrons. The molecule has 1 atom stereocenters. The number of aliphatic carboxylic acids is 1. The van der Waals surface area contributed by atoms with Crippen LogP contribution in [-0.4, -0.2) is 23.2 Å². The lowest BCUT2D eigenvalue weighted by atomic mass is 10.0. The van der Waals surface area contributed by atoms with Crippen LogP contribution in [0.15, 0.2) is 24.3 Å². The Kier molecular flexibility index (Phi) is 4.47. The molecule has 1 aromatic rings. The molecule has 8 heteroatoms. The lowest BCUT2D eigenvalue weighted by Crippen LogP contribution is -2.40. The van der Waals surface area contributed by atoms with Crippen LogP contribution in [0.5, 0.6) is 0 Å². The summed E-state index contributed by atoms with van der Waals surface area (Å²) < 4.78 is 49.7. The molecule has 0 unspecified atom stereocenters. The number of alkyl halides is 3. The van der Waals surface area contributed by atoms with E-state index in [4.69, 9.17) is 5.11 Å². The van der Waals surface area contributed by atoms with Crippen LogP contribution in [0.2, 0.25) is 0 Å². The van der Waals surface area contributed by atoms with Crippen molar-refractivity contribution in [1.29, 1.82) is 0 Å². The van der Waals surface area contributed by atoms with Crippen LogP contribution in [0.3, 0.4) is 0 Å². The van der Waals surface area contributed by atoms with E-state index < -0.39 is 36.3 Å². The van der Waals surface area contributed by atoms with Gasteiger partial charge in [-0.25, -0.2) is 4.39 Å². The highest BCUT2D eigenvalue weighted by Gasteiger charge is 2.40. The molecule has 2 N–H and O–H groups in total. The Balaban J connectivity index is 3.00. The molecular formula is C11H9F4NO3. The Morgan fingerprint density at radius 2 is 1.84 bits per heavy atom. The number of nitrogens with one attached hydrogen (secondary N) is 1. The number of carboxylic acids is 1. The highest BCUT2D eigenvalue weighted by molar-refractivity contribution is 5.82. The van der Waals surface area contributed by atoms with E-state index >= 15 is 0 Å². The van der Waals surface area contributed by atoms with Gasteiger partial charge >= 0.3 is 18.1 Å². The van der Waals surface area contributed by atoms with Crippen molar-refractivity contribution in [3.63, 3.8) is 0 Å². The van der Waals surface area contributed by atoms with E-state index in [0.29, 0.717) is 0 Å². The first-order chi connectivity index (χ1) is 8.71. The van der Waals surface area contributed by atoms with Gasteiger partial charge in [-0.15, -0.1) is 0 Å². The van der Waals surface area contributed by atoms with Gasteiger partial charge in [0, 0.05) is 5.56 Å². The van der Waals surface area contributed by atoms with Crippen molar-refractivity contribution in [2.45, 2.75) is 18.6 Å². The molecule has 19 heavy (non-hydrogen) atoms. The summed E-state index contributed by atoms with van der Waals surface area (Å²) in [6, 6.07) is 3.10. The fourth-order valence-electron chi connectivity index (χ4n) is 1.41. The molecule has 0 fully saturated rings. The third-order valence-corrected chi connectivity index (χ3v) is 2.22. The molecule has 0 aliphatic carbocycles. The summed E-state index contributed by atoms with van der Waals surface area (Å²) in [6.07, 6.45) is -6.02. The minimum absolute atomic E-state index is 0.317. The predicted molar refractivity (Wildman–Crippen MR) is 55.6 cm³/mol. The molecule has 4 nitrogen and oxygen atoms in total. The molecular weight excluding hydrogens is 270 g/mol. The fourth-order valence-corrected chi connectivity index (χ4v) is 1.41. The van der Waals surface area contributed by atoms with Gasteiger partial charge in [-0.1, -0.05) is 18.2 Å². The molecule has 0 aliphatic rings. The zero-order chi connectivity index (χ0) is 14.6. The molecule has 1 aromatic carbocycles. The molecule has 0 aromatic heterocycles. The molecule has 0 bridgehead atoms. The van der Waals surface area contributed by atoms with E-state index in [2.05, 4.69) is 0 Å². The number of halogens is 4. The number of amides is 1. The average molecular weight is 279 g/mol. The molecule has 1 amide bonds. The van der Waals surface area contributed by atoms with Gasteiger partial charge in [0.1, 0.15) is 5.82 Å². The van der Waals surface area contributed by atoms with Crippen LogP contribution < -0.4 is 5.32 Å². The van der Waals surface area contributed by atoms with Crippen LogP contribution in [0, 0.1) is 5.82 Å². The minimum atomic E-state index is -5.16. The highest BCUT2D eigenvalue weighted by Crippen LogP contribution is 2.23. The summed E-state index contributed by atoms with van der Waals surface area (Å²) in [4.78, 5) is 21.4. The summed E-state index contributed by atoms with van der Waals surface area (Å²) in [5, 5.41) is 10.1. The zero-order valence-corrected chi connectivity index (χ0v) is 9.37. The number of carbonyl (C=O) groups excluding carboxylic acids is 1. The summed E-state index contributed by atoms with van der Waals surface area (Å²) in [7, 11) is 0. The predicted octanol–water partition coefficient (Wildman–Crippen LogP) is 2.02.